The van der Waals surface area contributed by atoms with E-state index in [0.29, 0.717) is 21.6 Å². The summed E-state index contributed by atoms with van der Waals surface area (Å²) in [4.78, 5) is 24.0. The number of phenols is 1. The topological polar surface area (TPSA) is 88.8 Å². The predicted molar refractivity (Wildman–Crippen MR) is 101 cm³/mol. The van der Waals surface area contributed by atoms with Gasteiger partial charge < -0.3 is 19.6 Å². The largest absolute Gasteiger partial charge is 0.508 e. The van der Waals surface area contributed by atoms with Gasteiger partial charge in [0, 0.05) is 22.0 Å². The Balaban J connectivity index is 1.51. The van der Waals surface area contributed by atoms with Crippen molar-refractivity contribution in [2.24, 2.45) is 0 Å². The maximum absolute atomic E-state index is 12.0. The lowest BCUT2D eigenvalue weighted by molar-refractivity contribution is -0.148. The highest BCUT2D eigenvalue weighted by Crippen LogP contribution is 2.25. The third-order valence-corrected chi connectivity index (χ3v) is 4.30. The van der Waals surface area contributed by atoms with Crippen LogP contribution in [-0.2, 0) is 20.7 Å². The number of aromatic hydroxyl groups is 1. The molecule has 0 aliphatic heterocycles. The number of furan rings is 1. The van der Waals surface area contributed by atoms with E-state index in [9.17, 15) is 14.7 Å². The van der Waals surface area contributed by atoms with Gasteiger partial charge in [-0.3, -0.25) is 9.59 Å². The van der Waals surface area contributed by atoms with Crippen LogP contribution in [0.5, 0.6) is 5.75 Å². The second-order valence-electron chi connectivity index (χ2n) is 6.12. The summed E-state index contributed by atoms with van der Waals surface area (Å²) in [6.45, 7) is 1.44. The van der Waals surface area contributed by atoms with E-state index in [4.69, 9.17) is 20.8 Å². The van der Waals surface area contributed by atoms with Crippen molar-refractivity contribution >= 4 is 34.4 Å². The number of fused-ring (bicyclic) bond motifs is 1. The standard InChI is InChI=1S/C20H18ClNO5/c1-12(13-3-2-4-15(21)7-13)22-19(24)11-27-20(25)8-14-10-26-18-9-16(23)5-6-17(14)18/h2-7,9-10,12,23H,8,11H2,1H3,(H,22,24)/t12-/m1/s1. The molecule has 0 saturated carbocycles. The number of nitrogens with one attached hydrogen (secondary N) is 1. The molecule has 2 N–H and O–H groups in total. The number of amides is 1. The number of carbonyl (C=O) groups is 2. The zero-order valence-electron chi connectivity index (χ0n) is 14.6. The van der Waals surface area contributed by atoms with E-state index in [1.165, 1.54) is 18.4 Å². The monoisotopic (exact) mass is 387 g/mol. The van der Waals surface area contributed by atoms with Crippen LogP contribution in [-0.4, -0.2) is 23.6 Å². The van der Waals surface area contributed by atoms with Gasteiger partial charge in [0.2, 0.25) is 0 Å². The number of benzene rings is 2. The molecule has 1 amide bonds. The minimum atomic E-state index is -0.545. The van der Waals surface area contributed by atoms with Crippen LogP contribution in [0.1, 0.15) is 24.1 Å². The van der Waals surface area contributed by atoms with Crippen LogP contribution in [0.2, 0.25) is 5.02 Å². The molecule has 1 aromatic heterocycles. The second kappa shape index (κ2) is 8.14. The summed E-state index contributed by atoms with van der Waals surface area (Å²) in [5.74, 6) is -0.870. The molecule has 2 aromatic carbocycles. The minimum absolute atomic E-state index is 0.0328. The third-order valence-electron chi connectivity index (χ3n) is 4.06. The van der Waals surface area contributed by atoms with E-state index in [1.54, 1.807) is 24.3 Å². The van der Waals surface area contributed by atoms with Gasteiger partial charge in [0.05, 0.1) is 18.7 Å². The van der Waals surface area contributed by atoms with Crippen LogP contribution in [0.25, 0.3) is 11.0 Å². The molecule has 0 bridgehead atoms. The van der Waals surface area contributed by atoms with Gasteiger partial charge in [-0.25, -0.2) is 0 Å². The molecule has 0 aliphatic rings. The highest BCUT2D eigenvalue weighted by molar-refractivity contribution is 6.30. The molecule has 0 saturated heterocycles. The Morgan fingerprint density at radius 1 is 1.26 bits per heavy atom. The average Bonchev–Trinajstić information content (AvgIpc) is 3.01. The van der Waals surface area contributed by atoms with Crippen LogP contribution in [0.15, 0.2) is 53.1 Å². The highest BCUT2D eigenvalue weighted by Gasteiger charge is 2.15. The zero-order valence-corrected chi connectivity index (χ0v) is 15.3. The smallest absolute Gasteiger partial charge is 0.310 e. The maximum atomic E-state index is 12.0. The number of hydrogen-bond donors (Lipinski definition) is 2. The number of halogens is 1. The fraction of sp³-hybridized carbons (Fsp3) is 0.200. The van der Waals surface area contributed by atoms with Crippen LogP contribution in [0.3, 0.4) is 0 Å². The predicted octanol–water partition coefficient (Wildman–Crippen LogP) is 3.75. The van der Waals surface area contributed by atoms with Gasteiger partial charge in [-0.1, -0.05) is 23.7 Å². The molecule has 140 valence electrons. The summed E-state index contributed by atoms with van der Waals surface area (Å²) >= 11 is 5.94. The molecule has 0 fully saturated rings. The van der Waals surface area contributed by atoms with Crippen molar-refractivity contribution < 1.29 is 23.8 Å². The third kappa shape index (κ3) is 4.80. The Morgan fingerprint density at radius 3 is 2.85 bits per heavy atom. The van der Waals surface area contributed by atoms with E-state index >= 15 is 0 Å². The van der Waals surface area contributed by atoms with Crippen molar-refractivity contribution in [2.45, 2.75) is 19.4 Å². The van der Waals surface area contributed by atoms with Gasteiger partial charge in [-0.2, -0.15) is 0 Å². The van der Waals surface area contributed by atoms with Gasteiger partial charge >= 0.3 is 5.97 Å². The van der Waals surface area contributed by atoms with Crippen molar-refractivity contribution in [3.05, 3.63) is 64.9 Å². The molecule has 0 unspecified atom stereocenters. The molecule has 0 aliphatic carbocycles. The molecule has 27 heavy (non-hydrogen) atoms. The lowest BCUT2D eigenvalue weighted by Gasteiger charge is -2.14. The number of phenolic OH excluding ortho intramolecular Hbond substituents is 1. The van der Waals surface area contributed by atoms with Crippen molar-refractivity contribution in [2.75, 3.05) is 6.61 Å². The van der Waals surface area contributed by atoms with E-state index in [0.717, 1.165) is 5.56 Å². The van der Waals surface area contributed by atoms with Crippen LogP contribution < -0.4 is 5.32 Å². The quantitative estimate of drug-likeness (QED) is 0.629. The first-order valence-electron chi connectivity index (χ1n) is 8.32. The van der Waals surface area contributed by atoms with Crippen LogP contribution in [0, 0.1) is 0 Å². The molecule has 1 atom stereocenters. The van der Waals surface area contributed by atoms with Gasteiger partial charge in [0.1, 0.15) is 11.3 Å². The SMILES string of the molecule is C[C@@H](NC(=O)COC(=O)Cc1coc2cc(O)ccc12)c1cccc(Cl)c1. The van der Waals surface area contributed by atoms with Gasteiger partial charge in [0.15, 0.2) is 6.61 Å². The summed E-state index contributed by atoms with van der Waals surface area (Å²) in [5, 5.41) is 13.5. The lowest BCUT2D eigenvalue weighted by atomic mass is 10.1. The van der Waals surface area contributed by atoms with Gasteiger partial charge in [-0.05, 0) is 36.8 Å². The zero-order chi connectivity index (χ0) is 19.4. The maximum Gasteiger partial charge on any atom is 0.310 e. The highest BCUT2D eigenvalue weighted by atomic mass is 35.5. The van der Waals surface area contributed by atoms with E-state index < -0.39 is 11.9 Å². The number of esters is 1. The van der Waals surface area contributed by atoms with Gasteiger partial charge in [-0.15, -0.1) is 0 Å². The van der Waals surface area contributed by atoms with Crippen molar-refractivity contribution in [3.63, 3.8) is 0 Å². The molecule has 3 aromatic rings. The second-order valence-corrected chi connectivity index (χ2v) is 6.56. The molecular formula is C20H18ClNO5. The van der Waals surface area contributed by atoms with Crippen LogP contribution >= 0.6 is 11.6 Å². The Bertz CT molecular complexity index is 981. The number of carbonyl (C=O) groups excluding carboxylic acids is 2. The first-order chi connectivity index (χ1) is 12.9. The van der Waals surface area contributed by atoms with Crippen molar-refractivity contribution in [3.8, 4) is 5.75 Å². The Morgan fingerprint density at radius 2 is 2.07 bits per heavy atom. The number of ether oxygens (including phenoxy) is 1. The Kier molecular flexibility index (Phi) is 5.66. The van der Waals surface area contributed by atoms with Crippen LogP contribution in [0.4, 0.5) is 0 Å². The summed E-state index contributed by atoms with van der Waals surface area (Å²) in [5.41, 5.74) is 1.96. The first kappa shape index (κ1) is 18.8. The average molecular weight is 388 g/mol. The summed E-state index contributed by atoms with van der Waals surface area (Å²) < 4.78 is 10.4. The normalized spacial score (nSPS) is 11.9. The Hall–Kier alpha value is -2.99. The van der Waals surface area contributed by atoms with E-state index in [-0.39, 0.29) is 24.8 Å². The molecule has 0 radical (unpaired) electrons. The summed E-state index contributed by atoms with van der Waals surface area (Å²) in [7, 11) is 0. The summed E-state index contributed by atoms with van der Waals surface area (Å²) in [6.07, 6.45) is 1.40. The molecule has 7 heteroatoms. The van der Waals surface area contributed by atoms with Gasteiger partial charge in [0.25, 0.3) is 5.91 Å². The number of hydrogen-bond acceptors (Lipinski definition) is 5. The molecule has 0 spiro atoms. The molecule has 3 rings (SSSR count). The molecule has 6 nitrogen and oxygen atoms in total. The van der Waals surface area contributed by atoms with E-state index in [1.807, 2.05) is 13.0 Å². The summed E-state index contributed by atoms with van der Waals surface area (Å²) in [6, 6.07) is 11.5. The molecular weight excluding hydrogens is 370 g/mol. The van der Waals surface area contributed by atoms with E-state index in [2.05, 4.69) is 5.32 Å². The lowest BCUT2D eigenvalue weighted by Crippen LogP contribution is -2.31. The fourth-order valence-corrected chi connectivity index (χ4v) is 2.90. The number of rotatable bonds is 6. The molecule has 1 heterocycles. The fourth-order valence-electron chi connectivity index (χ4n) is 2.70. The van der Waals surface area contributed by atoms with Crippen molar-refractivity contribution in [1.29, 1.82) is 0 Å². The first-order valence-corrected chi connectivity index (χ1v) is 8.69. The van der Waals surface area contributed by atoms with Crippen molar-refractivity contribution in [1.82, 2.24) is 5.32 Å². The minimum Gasteiger partial charge on any atom is -0.508 e. The Labute approximate surface area is 160 Å².